The molecule has 15 heavy (non-hydrogen) atoms. The minimum absolute atomic E-state index is 0.311. The third-order valence-corrected chi connectivity index (χ3v) is 3.32. The standard InChI is InChI=1S/C13H19NO/c14-9-13(15)6-5-10-7-11-3-1-2-4-12(11)8-10/h1-4,10,13,15H,5-9,14H2/t13-/m1/s1. The van der Waals surface area contributed by atoms with E-state index in [1.807, 2.05) is 0 Å². The molecule has 0 aliphatic heterocycles. The van der Waals surface area contributed by atoms with Gasteiger partial charge in [-0.1, -0.05) is 24.3 Å². The van der Waals surface area contributed by atoms with Crippen molar-refractivity contribution in [3.63, 3.8) is 0 Å². The summed E-state index contributed by atoms with van der Waals surface area (Å²) in [5, 5.41) is 9.41. The lowest BCUT2D eigenvalue weighted by Gasteiger charge is -2.11. The van der Waals surface area contributed by atoms with Gasteiger partial charge in [0, 0.05) is 6.54 Å². The first kappa shape index (κ1) is 10.7. The molecule has 0 aromatic heterocycles. The molecule has 1 aromatic carbocycles. The topological polar surface area (TPSA) is 46.2 Å². The van der Waals surface area contributed by atoms with Gasteiger partial charge in [-0.05, 0) is 42.7 Å². The van der Waals surface area contributed by atoms with Gasteiger partial charge in [0.2, 0.25) is 0 Å². The summed E-state index contributed by atoms with van der Waals surface area (Å²) in [7, 11) is 0. The number of rotatable bonds is 4. The highest BCUT2D eigenvalue weighted by Crippen LogP contribution is 2.29. The van der Waals surface area contributed by atoms with Crippen LogP contribution in [0.2, 0.25) is 0 Å². The van der Waals surface area contributed by atoms with Crippen molar-refractivity contribution in [2.45, 2.75) is 31.8 Å². The Morgan fingerprint density at radius 1 is 1.27 bits per heavy atom. The first-order chi connectivity index (χ1) is 7.29. The number of nitrogens with two attached hydrogens (primary N) is 1. The summed E-state index contributed by atoms with van der Waals surface area (Å²) in [5.41, 5.74) is 8.37. The van der Waals surface area contributed by atoms with Crippen molar-refractivity contribution in [1.29, 1.82) is 0 Å². The maximum absolute atomic E-state index is 9.41. The SMILES string of the molecule is NC[C@H](O)CCC1Cc2ccccc2C1. The van der Waals surface area contributed by atoms with E-state index in [0.29, 0.717) is 12.5 Å². The number of hydrogen-bond donors (Lipinski definition) is 2. The van der Waals surface area contributed by atoms with E-state index >= 15 is 0 Å². The second kappa shape index (κ2) is 4.77. The number of benzene rings is 1. The van der Waals surface area contributed by atoms with Crippen molar-refractivity contribution in [1.82, 2.24) is 0 Å². The van der Waals surface area contributed by atoms with Crippen molar-refractivity contribution in [2.75, 3.05) is 6.54 Å². The molecule has 0 fully saturated rings. The third kappa shape index (κ3) is 2.58. The van der Waals surface area contributed by atoms with Crippen molar-refractivity contribution >= 4 is 0 Å². The first-order valence-electron chi connectivity index (χ1n) is 5.74. The Kier molecular flexibility index (Phi) is 3.39. The van der Waals surface area contributed by atoms with Gasteiger partial charge in [0.25, 0.3) is 0 Å². The maximum atomic E-state index is 9.41. The van der Waals surface area contributed by atoms with E-state index in [2.05, 4.69) is 24.3 Å². The van der Waals surface area contributed by atoms with Crippen LogP contribution in [0.5, 0.6) is 0 Å². The van der Waals surface area contributed by atoms with Gasteiger partial charge in [-0.15, -0.1) is 0 Å². The minimum atomic E-state index is -0.311. The Labute approximate surface area is 91.1 Å². The van der Waals surface area contributed by atoms with Gasteiger partial charge >= 0.3 is 0 Å². The summed E-state index contributed by atoms with van der Waals surface area (Å²) in [6, 6.07) is 8.65. The lowest BCUT2D eigenvalue weighted by atomic mass is 9.98. The van der Waals surface area contributed by atoms with E-state index in [1.165, 1.54) is 24.0 Å². The van der Waals surface area contributed by atoms with E-state index in [0.717, 1.165) is 12.8 Å². The van der Waals surface area contributed by atoms with Crippen LogP contribution in [0.15, 0.2) is 24.3 Å². The smallest absolute Gasteiger partial charge is 0.0662 e. The van der Waals surface area contributed by atoms with Crippen LogP contribution in [0.3, 0.4) is 0 Å². The summed E-state index contributed by atoms with van der Waals surface area (Å²) in [6.45, 7) is 0.389. The van der Waals surface area contributed by atoms with E-state index in [1.54, 1.807) is 0 Å². The molecule has 0 bridgehead atoms. The second-order valence-electron chi connectivity index (χ2n) is 4.51. The quantitative estimate of drug-likeness (QED) is 0.782. The molecule has 1 aliphatic rings. The zero-order valence-electron chi connectivity index (χ0n) is 9.02. The fourth-order valence-electron chi connectivity index (χ4n) is 2.40. The van der Waals surface area contributed by atoms with Gasteiger partial charge < -0.3 is 10.8 Å². The molecule has 2 heteroatoms. The van der Waals surface area contributed by atoms with Crippen LogP contribution >= 0.6 is 0 Å². The minimum Gasteiger partial charge on any atom is -0.392 e. The molecule has 2 rings (SSSR count). The Morgan fingerprint density at radius 2 is 1.87 bits per heavy atom. The highest BCUT2D eigenvalue weighted by molar-refractivity contribution is 5.31. The molecular weight excluding hydrogens is 186 g/mol. The number of aliphatic hydroxyl groups is 1. The van der Waals surface area contributed by atoms with Crippen molar-refractivity contribution in [3.8, 4) is 0 Å². The number of aliphatic hydroxyl groups excluding tert-OH is 1. The van der Waals surface area contributed by atoms with Crippen LogP contribution in [-0.4, -0.2) is 17.8 Å². The van der Waals surface area contributed by atoms with E-state index < -0.39 is 0 Å². The molecule has 0 saturated carbocycles. The fraction of sp³-hybridized carbons (Fsp3) is 0.538. The molecule has 1 aromatic rings. The molecule has 1 atom stereocenters. The summed E-state index contributed by atoms with van der Waals surface area (Å²) < 4.78 is 0. The van der Waals surface area contributed by atoms with Crippen molar-refractivity contribution in [3.05, 3.63) is 35.4 Å². The van der Waals surface area contributed by atoms with Gasteiger partial charge in [-0.2, -0.15) is 0 Å². The molecule has 0 unspecified atom stereocenters. The second-order valence-corrected chi connectivity index (χ2v) is 4.51. The van der Waals surface area contributed by atoms with E-state index in [-0.39, 0.29) is 6.10 Å². The molecule has 2 nitrogen and oxygen atoms in total. The van der Waals surface area contributed by atoms with E-state index in [4.69, 9.17) is 5.73 Å². The van der Waals surface area contributed by atoms with Crippen LogP contribution in [0.25, 0.3) is 0 Å². The lowest BCUT2D eigenvalue weighted by molar-refractivity contribution is 0.163. The highest BCUT2D eigenvalue weighted by Gasteiger charge is 2.21. The average molecular weight is 205 g/mol. The number of fused-ring (bicyclic) bond motifs is 1. The number of hydrogen-bond acceptors (Lipinski definition) is 2. The zero-order valence-corrected chi connectivity index (χ0v) is 9.02. The van der Waals surface area contributed by atoms with Crippen LogP contribution in [0.1, 0.15) is 24.0 Å². The van der Waals surface area contributed by atoms with Gasteiger partial charge in [-0.25, -0.2) is 0 Å². The summed E-state index contributed by atoms with van der Waals surface area (Å²) in [4.78, 5) is 0. The molecule has 1 aliphatic carbocycles. The average Bonchev–Trinajstić information content (AvgIpc) is 2.68. The highest BCUT2D eigenvalue weighted by atomic mass is 16.3. The lowest BCUT2D eigenvalue weighted by Crippen LogP contribution is -2.20. The summed E-state index contributed by atoms with van der Waals surface area (Å²) in [5.74, 6) is 0.712. The Hall–Kier alpha value is -0.860. The van der Waals surface area contributed by atoms with Crippen molar-refractivity contribution < 1.29 is 5.11 Å². The normalized spacial score (nSPS) is 17.7. The van der Waals surface area contributed by atoms with Gasteiger partial charge in [-0.3, -0.25) is 0 Å². The molecule has 0 heterocycles. The summed E-state index contributed by atoms with van der Waals surface area (Å²) in [6.07, 6.45) is 3.97. The van der Waals surface area contributed by atoms with E-state index in [9.17, 15) is 5.11 Å². The summed E-state index contributed by atoms with van der Waals surface area (Å²) >= 11 is 0. The zero-order chi connectivity index (χ0) is 10.7. The molecule has 82 valence electrons. The first-order valence-corrected chi connectivity index (χ1v) is 5.74. The molecule has 0 amide bonds. The van der Waals surface area contributed by atoms with Crippen LogP contribution in [0.4, 0.5) is 0 Å². The Balaban J connectivity index is 1.85. The Bertz CT molecular complexity index is 299. The Morgan fingerprint density at radius 3 is 2.40 bits per heavy atom. The predicted octanol–water partition coefficient (Wildman–Crippen LogP) is 1.50. The third-order valence-electron chi connectivity index (χ3n) is 3.32. The van der Waals surface area contributed by atoms with Gasteiger partial charge in [0.05, 0.1) is 6.10 Å². The van der Waals surface area contributed by atoms with Crippen LogP contribution in [0, 0.1) is 5.92 Å². The van der Waals surface area contributed by atoms with Crippen molar-refractivity contribution in [2.24, 2.45) is 11.7 Å². The largest absolute Gasteiger partial charge is 0.392 e. The molecule has 0 spiro atoms. The molecule has 0 radical (unpaired) electrons. The van der Waals surface area contributed by atoms with Gasteiger partial charge in [0.1, 0.15) is 0 Å². The molecule has 0 saturated heterocycles. The molecule has 3 N–H and O–H groups in total. The van der Waals surface area contributed by atoms with Crippen LogP contribution in [-0.2, 0) is 12.8 Å². The van der Waals surface area contributed by atoms with Gasteiger partial charge in [0.15, 0.2) is 0 Å². The maximum Gasteiger partial charge on any atom is 0.0662 e. The monoisotopic (exact) mass is 205 g/mol. The fourth-order valence-corrected chi connectivity index (χ4v) is 2.40. The van der Waals surface area contributed by atoms with Crippen LogP contribution < -0.4 is 5.73 Å². The predicted molar refractivity (Wildman–Crippen MR) is 61.6 cm³/mol. The molecular formula is C13H19NO.